The Hall–Kier alpha value is -8.78. The molecular formula is C67H44O. The summed E-state index contributed by atoms with van der Waals surface area (Å²) >= 11 is 0. The quantitative estimate of drug-likeness (QED) is 0.148. The van der Waals surface area contributed by atoms with Crippen molar-refractivity contribution in [3.05, 3.63) is 266 Å². The number of hydrogen-bond acceptors (Lipinski definition) is 1. The van der Waals surface area contributed by atoms with Crippen LogP contribution >= 0.6 is 0 Å². The third kappa shape index (κ3) is 6.55. The highest BCUT2D eigenvalue weighted by Gasteiger charge is 2.29. The maximum absolute atomic E-state index is 6.60. The van der Waals surface area contributed by atoms with Crippen LogP contribution in [0.15, 0.2) is 259 Å². The van der Waals surface area contributed by atoms with Gasteiger partial charge in [-0.2, -0.15) is 0 Å². The van der Waals surface area contributed by atoms with Gasteiger partial charge in [0.25, 0.3) is 0 Å². The molecule has 318 valence electrons. The van der Waals surface area contributed by atoms with Gasteiger partial charge in [-0.25, -0.2) is 0 Å². The predicted molar refractivity (Wildman–Crippen MR) is 285 cm³/mol. The molecule has 0 unspecified atom stereocenters. The van der Waals surface area contributed by atoms with Crippen molar-refractivity contribution in [3.8, 4) is 100 Å². The van der Waals surface area contributed by atoms with Crippen LogP contribution in [-0.4, -0.2) is 0 Å². The molecule has 1 heteroatoms. The molecule has 11 aromatic carbocycles. The van der Waals surface area contributed by atoms with Gasteiger partial charge in [-0.15, -0.1) is 0 Å². The van der Waals surface area contributed by atoms with E-state index in [2.05, 4.69) is 255 Å². The summed E-state index contributed by atoms with van der Waals surface area (Å²) in [6, 6.07) is 93.2. The van der Waals surface area contributed by atoms with Gasteiger partial charge in [0.05, 0.1) is 0 Å². The summed E-state index contributed by atoms with van der Waals surface area (Å²) in [6.07, 6.45) is 0.865. The molecule has 0 amide bonds. The van der Waals surface area contributed by atoms with Crippen LogP contribution in [0.3, 0.4) is 0 Å². The van der Waals surface area contributed by atoms with Crippen LogP contribution in [0.25, 0.3) is 122 Å². The van der Waals surface area contributed by atoms with Gasteiger partial charge in [-0.05, 0) is 130 Å². The molecule has 0 aliphatic heterocycles. The molecule has 1 heterocycles. The van der Waals surface area contributed by atoms with Gasteiger partial charge in [-0.1, -0.05) is 243 Å². The lowest BCUT2D eigenvalue weighted by Crippen LogP contribution is -2.00. The average Bonchev–Trinajstić information content (AvgIpc) is 4.00. The molecule has 1 aromatic heterocycles. The lowest BCUT2D eigenvalue weighted by Gasteiger charge is -2.26. The van der Waals surface area contributed by atoms with Crippen LogP contribution < -0.4 is 0 Å². The van der Waals surface area contributed by atoms with E-state index in [1.54, 1.807) is 0 Å². The van der Waals surface area contributed by atoms with E-state index in [1.165, 1.54) is 83.5 Å². The van der Waals surface area contributed by atoms with Crippen molar-refractivity contribution in [2.45, 2.75) is 6.42 Å². The third-order valence-corrected chi connectivity index (χ3v) is 14.0. The number of hydrogen-bond donors (Lipinski definition) is 0. The van der Waals surface area contributed by atoms with Crippen LogP contribution in [0, 0.1) is 0 Å². The first kappa shape index (κ1) is 39.6. The monoisotopic (exact) mass is 864 g/mol. The van der Waals surface area contributed by atoms with Gasteiger partial charge in [0.2, 0.25) is 0 Å². The molecule has 0 atom stereocenters. The maximum atomic E-state index is 6.60. The van der Waals surface area contributed by atoms with Crippen molar-refractivity contribution in [1.29, 1.82) is 0 Å². The first-order valence-corrected chi connectivity index (χ1v) is 23.5. The molecular weight excluding hydrogens is 821 g/mol. The highest BCUT2D eigenvalue weighted by atomic mass is 16.3. The van der Waals surface area contributed by atoms with Crippen molar-refractivity contribution >= 4 is 21.9 Å². The van der Waals surface area contributed by atoms with E-state index in [4.69, 9.17) is 4.42 Å². The largest absolute Gasteiger partial charge is 0.456 e. The second-order valence-electron chi connectivity index (χ2n) is 17.8. The Morgan fingerprint density at radius 3 is 1.31 bits per heavy atom. The topological polar surface area (TPSA) is 13.1 Å². The molecule has 68 heavy (non-hydrogen) atoms. The first-order valence-electron chi connectivity index (χ1n) is 23.5. The van der Waals surface area contributed by atoms with Crippen molar-refractivity contribution in [2.24, 2.45) is 0 Å². The second-order valence-corrected chi connectivity index (χ2v) is 17.8. The Morgan fingerprint density at radius 1 is 0.235 bits per heavy atom. The van der Waals surface area contributed by atoms with Crippen molar-refractivity contribution in [2.75, 3.05) is 0 Å². The van der Waals surface area contributed by atoms with E-state index in [1.807, 2.05) is 0 Å². The molecule has 0 bridgehead atoms. The van der Waals surface area contributed by atoms with E-state index in [0.717, 1.165) is 56.2 Å². The minimum absolute atomic E-state index is 0.865. The number of furan rings is 1. The zero-order valence-electron chi connectivity index (χ0n) is 37.4. The number of fused-ring (bicyclic) bond motifs is 6. The fraction of sp³-hybridized carbons (Fsp3) is 0.0149. The van der Waals surface area contributed by atoms with Gasteiger partial charge >= 0.3 is 0 Å². The molecule has 0 N–H and O–H groups in total. The van der Waals surface area contributed by atoms with Crippen LogP contribution in [0.5, 0.6) is 0 Å². The summed E-state index contributed by atoms with van der Waals surface area (Å²) in [5.41, 5.74) is 26.1. The maximum Gasteiger partial charge on any atom is 0.136 e. The molecule has 0 saturated carbocycles. The zero-order valence-corrected chi connectivity index (χ0v) is 37.4. The molecule has 0 saturated heterocycles. The molecule has 1 nitrogen and oxygen atoms in total. The molecule has 13 rings (SSSR count). The van der Waals surface area contributed by atoms with Gasteiger partial charge in [0, 0.05) is 10.8 Å². The fourth-order valence-corrected chi connectivity index (χ4v) is 11.1. The van der Waals surface area contributed by atoms with E-state index < -0.39 is 0 Å². The normalized spacial score (nSPS) is 11.8. The Bertz CT molecular complexity index is 3840. The van der Waals surface area contributed by atoms with Gasteiger partial charge < -0.3 is 4.42 Å². The van der Waals surface area contributed by atoms with E-state index in [9.17, 15) is 0 Å². The third-order valence-electron chi connectivity index (χ3n) is 14.0. The summed E-state index contributed by atoms with van der Waals surface area (Å²) in [6.45, 7) is 0. The van der Waals surface area contributed by atoms with Gasteiger partial charge in [0.15, 0.2) is 0 Å². The molecule has 0 fully saturated rings. The summed E-state index contributed by atoms with van der Waals surface area (Å²) in [5, 5.41) is 2.22. The van der Waals surface area contributed by atoms with E-state index >= 15 is 0 Å². The van der Waals surface area contributed by atoms with E-state index in [-0.39, 0.29) is 0 Å². The molecule has 1 aliphatic rings. The average molecular weight is 865 g/mol. The minimum Gasteiger partial charge on any atom is -0.456 e. The number of benzene rings is 11. The SMILES string of the molecule is c1ccc(-c2cccc(-c3cccc(-c4ccccc4)c3-c3cccc4oc5ccccc5c34)c2-c2ccc(-c3ccccc3)c(-c3ccccc3)c2-c2cccc3c2Cc2ccccc2-3)cc1. The zero-order chi connectivity index (χ0) is 45.0. The molecule has 0 spiro atoms. The van der Waals surface area contributed by atoms with Gasteiger partial charge in [-0.3, -0.25) is 0 Å². The summed E-state index contributed by atoms with van der Waals surface area (Å²) in [4.78, 5) is 0. The summed E-state index contributed by atoms with van der Waals surface area (Å²) in [7, 11) is 0. The number of para-hydroxylation sites is 1. The Morgan fingerprint density at radius 2 is 0.662 bits per heavy atom. The van der Waals surface area contributed by atoms with Crippen molar-refractivity contribution in [3.63, 3.8) is 0 Å². The highest BCUT2D eigenvalue weighted by Crippen LogP contribution is 2.55. The molecule has 0 radical (unpaired) electrons. The minimum atomic E-state index is 0.865. The van der Waals surface area contributed by atoms with Crippen LogP contribution in [0.4, 0.5) is 0 Å². The van der Waals surface area contributed by atoms with Crippen molar-refractivity contribution < 1.29 is 4.42 Å². The lowest BCUT2D eigenvalue weighted by atomic mass is 9.77. The van der Waals surface area contributed by atoms with Gasteiger partial charge in [0.1, 0.15) is 11.2 Å². The predicted octanol–water partition coefficient (Wildman–Crippen LogP) is 18.5. The Labute approximate surface area is 396 Å². The van der Waals surface area contributed by atoms with Crippen molar-refractivity contribution in [1.82, 2.24) is 0 Å². The molecule has 1 aliphatic carbocycles. The second kappa shape index (κ2) is 16.6. The highest BCUT2D eigenvalue weighted by molar-refractivity contribution is 6.17. The van der Waals surface area contributed by atoms with Crippen LogP contribution in [0.1, 0.15) is 11.1 Å². The summed E-state index contributed by atoms with van der Waals surface area (Å²) in [5.74, 6) is 0. The fourth-order valence-electron chi connectivity index (χ4n) is 11.1. The smallest absolute Gasteiger partial charge is 0.136 e. The lowest BCUT2D eigenvalue weighted by molar-refractivity contribution is 0.669. The first-order chi connectivity index (χ1) is 33.8. The standard InChI is InChI=1S/C67H44O/c1-5-21-44(22-6-1)50-32-17-35-54(64(50)58-38-20-40-62-66(58)57-31-15-16-39-61(57)68-62)55-36-18-33-51(45-23-7-2-8-24-45)65(55)59-42-41-52(46-25-9-3-10-26-46)63(47-27-11-4-12-28-47)67(59)56-37-19-34-53-49-30-14-13-29-48(49)43-60(53)56/h1-42H,43H2. The van der Waals surface area contributed by atoms with E-state index in [0.29, 0.717) is 0 Å². The Kier molecular flexibility index (Phi) is 9.65. The number of rotatable bonds is 8. The molecule has 12 aromatic rings. The summed E-state index contributed by atoms with van der Waals surface area (Å²) < 4.78 is 6.60. The van der Waals surface area contributed by atoms with Crippen LogP contribution in [-0.2, 0) is 6.42 Å². The van der Waals surface area contributed by atoms with Crippen LogP contribution in [0.2, 0.25) is 0 Å². The Balaban J connectivity index is 1.20.